The maximum Gasteiger partial charge on any atom is 0.254 e. The molecule has 1 aromatic carbocycles. The molecule has 1 amide bonds. The van der Waals surface area contributed by atoms with Crippen LogP contribution in [0.25, 0.3) is 0 Å². The Labute approximate surface area is 115 Å². The molecule has 0 atom stereocenters. The van der Waals surface area contributed by atoms with Crippen LogP contribution in [0.4, 0.5) is 0 Å². The Morgan fingerprint density at radius 1 is 1.42 bits per heavy atom. The standard InChI is InChI=1S/C12H14N4O2S/c1-16-9-13-14-12(16)19-8-11(17)15-18-7-10-5-3-2-4-6-10/h2-6,9H,7-8H2,1H3,(H,15,17). The number of amides is 1. The van der Waals surface area contributed by atoms with Gasteiger partial charge in [-0.3, -0.25) is 9.63 Å². The number of hydrogen-bond donors (Lipinski definition) is 1. The Morgan fingerprint density at radius 3 is 2.89 bits per heavy atom. The van der Waals surface area contributed by atoms with Gasteiger partial charge in [0.25, 0.3) is 5.91 Å². The molecule has 1 heterocycles. The van der Waals surface area contributed by atoms with Crippen LogP contribution in [0.2, 0.25) is 0 Å². The summed E-state index contributed by atoms with van der Waals surface area (Å²) < 4.78 is 1.75. The Hall–Kier alpha value is -1.86. The highest BCUT2D eigenvalue weighted by molar-refractivity contribution is 7.99. The summed E-state index contributed by atoms with van der Waals surface area (Å²) >= 11 is 1.31. The molecule has 0 bridgehead atoms. The fourth-order valence-corrected chi connectivity index (χ4v) is 2.01. The SMILES string of the molecule is Cn1cnnc1SCC(=O)NOCc1ccccc1. The van der Waals surface area contributed by atoms with Crippen LogP contribution in [0, 0.1) is 0 Å². The van der Waals surface area contributed by atoms with Gasteiger partial charge >= 0.3 is 0 Å². The van der Waals surface area contributed by atoms with Crippen LogP contribution in [0.1, 0.15) is 5.56 Å². The topological polar surface area (TPSA) is 69.0 Å². The summed E-state index contributed by atoms with van der Waals surface area (Å²) in [5.41, 5.74) is 3.40. The normalized spacial score (nSPS) is 10.4. The smallest absolute Gasteiger partial charge is 0.254 e. The van der Waals surface area contributed by atoms with Gasteiger partial charge in [-0.1, -0.05) is 42.1 Å². The molecule has 0 aliphatic rings. The predicted octanol–water partition coefficient (Wildman–Crippen LogP) is 1.16. The third-order valence-electron chi connectivity index (χ3n) is 2.27. The predicted molar refractivity (Wildman–Crippen MR) is 71.1 cm³/mol. The quantitative estimate of drug-likeness (QED) is 0.634. The molecule has 0 fully saturated rings. The van der Waals surface area contributed by atoms with Gasteiger partial charge in [-0.25, -0.2) is 5.48 Å². The van der Waals surface area contributed by atoms with Crippen molar-refractivity contribution < 1.29 is 9.63 Å². The summed E-state index contributed by atoms with van der Waals surface area (Å²) in [6.45, 7) is 0.348. The molecule has 0 aliphatic heterocycles. The first-order valence-corrected chi connectivity index (χ1v) is 6.65. The van der Waals surface area contributed by atoms with Crippen molar-refractivity contribution in [2.24, 2.45) is 7.05 Å². The fourth-order valence-electron chi connectivity index (χ4n) is 1.34. The average molecular weight is 278 g/mol. The first kappa shape index (κ1) is 13.6. The minimum Gasteiger partial charge on any atom is -0.312 e. The molecule has 0 aliphatic carbocycles. The second kappa shape index (κ2) is 6.91. The lowest BCUT2D eigenvalue weighted by molar-refractivity contribution is -0.131. The number of carbonyl (C=O) groups excluding carboxylic acids is 1. The van der Waals surface area contributed by atoms with Crippen molar-refractivity contribution in [2.75, 3.05) is 5.75 Å². The van der Waals surface area contributed by atoms with E-state index in [1.54, 1.807) is 10.9 Å². The molecule has 0 saturated carbocycles. The van der Waals surface area contributed by atoms with E-state index in [2.05, 4.69) is 15.7 Å². The highest BCUT2D eigenvalue weighted by atomic mass is 32.2. The zero-order valence-electron chi connectivity index (χ0n) is 10.4. The van der Waals surface area contributed by atoms with Gasteiger partial charge < -0.3 is 4.57 Å². The molecule has 0 radical (unpaired) electrons. The van der Waals surface area contributed by atoms with E-state index >= 15 is 0 Å². The van der Waals surface area contributed by atoms with E-state index in [0.29, 0.717) is 11.8 Å². The molecular formula is C12H14N4O2S. The molecular weight excluding hydrogens is 264 g/mol. The number of benzene rings is 1. The highest BCUT2D eigenvalue weighted by Crippen LogP contribution is 2.12. The molecule has 1 aromatic heterocycles. The van der Waals surface area contributed by atoms with E-state index in [1.807, 2.05) is 37.4 Å². The summed E-state index contributed by atoms with van der Waals surface area (Å²) in [5, 5.41) is 8.29. The summed E-state index contributed by atoms with van der Waals surface area (Å²) in [5.74, 6) is 0.0327. The van der Waals surface area contributed by atoms with Crippen LogP contribution in [0.5, 0.6) is 0 Å². The van der Waals surface area contributed by atoms with Gasteiger partial charge in [0, 0.05) is 7.05 Å². The summed E-state index contributed by atoms with van der Waals surface area (Å²) in [4.78, 5) is 16.7. The number of nitrogens with zero attached hydrogens (tertiary/aromatic N) is 3. The molecule has 6 nitrogen and oxygen atoms in total. The van der Waals surface area contributed by atoms with Crippen LogP contribution < -0.4 is 5.48 Å². The lowest BCUT2D eigenvalue weighted by Crippen LogP contribution is -2.25. The first-order chi connectivity index (χ1) is 9.25. The van der Waals surface area contributed by atoms with Gasteiger partial charge in [0.2, 0.25) is 0 Å². The van der Waals surface area contributed by atoms with Crippen LogP contribution >= 0.6 is 11.8 Å². The van der Waals surface area contributed by atoms with E-state index in [4.69, 9.17) is 4.84 Å². The van der Waals surface area contributed by atoms with E-state index in [1.165, 1.54) is 11.8 Å². The number of aryl methyl sites for hydroxylation is 1. The minimum atomic E-state index is -0.205. The highest BCUT2D eigenvalue weighted by Gasteiger charge is 2.06. The Kier molecular flexibility index (Phi) is 4.93. The average Bonchev–Trinajstić information content (AvgIpc) is 2.83. The van der Waals surface area contributed by atoms with Gasteiger partial charge in [-0.15, -0.1) is 10.2 Å². The van der Waals surface area contributed by atoms with E-state index in [-0.39, 0.29) is 11.7 Å². The zero-order chi connectivity index (χ0) is 13.5. The van der Waals surface area contributed by atoms with Crippen molar-refractivity contribution in [3.8, 4) is 0 Å². The third kappa shape index (κ3) is 4.38. The third-order valence-corrected chi connectivity index (χ3v) is 3.30. The number of carbonyl (C=O) groups is 1. The fraction of sp³-hybridized carbons (Fsp3) is 0.250. The summed E-state index contributed by atoms with van der Waals surface area (Å²) in [6.07, 6.45) is 1.59. The summed E-state index contributed by atoms with van der Waals surface area (Å²) in [6, 6.07) is 9.63. The first-order valence-electron chi connectivity index (χ1n) is 5.67. The van der Waals surface area contributed by atoms with Gasteiger partial charge in [0.1, 0.15) is 6.33 Å². The number of aromatic nitrogens is 3. The van der Waals surface area contributed by atoms with E-state index < -0.39 is 0 Å². The Balaban J connectivity index is 1.66. The van der Waals surface area contributed by atoms with E-state index in [9.17, 15) is 4.79 Å². The monoisotopic (exact) mass is 278 g/mol. The van der Waals surface area contributed by atoms with Crippen LogP contribution in [-0.2, 0) is 23.3 Å². The van der Waals surface area contributed by atoms with Crippen molar-refractivity contribution in [1.82, 2.24) is 20.2 Å². The van der Waals surface area contributed by atoms with Gasteiger partial charge in [0.15, 0.2) is 5.16 Å². The van der Waals surface area contributed by atoms with Gasteiger partial charge in [-0.2, -0.15) is 0 Å². The molecule has 7 heteroatoms. The second-order valence-electron chi connectivity index (χ2n) is 3.81. The molecule has 0 spiro atoms. The molecule has 0 unspecified atom stereocenters. The molecule has 1 N–H and O–H groups in total. The number of rotatable bonds is 6. The molecule has 2 rings (SSSR count). The number of hydroxylamine groups is 1. The maximum absolute atomic E-state index is 11.5. The van der Waals surface area contributed by atoms with Crippen LogP contribution in [0.3, 0.4) is 0 Å². The van der Waals surface area contributed by atoms with Crippen LogP contribution in [-0.4, -0.2) is 26.4 Å². The second-order valence-corrected chi connectivity index (χ2v) is 4.76. The number of nitrogens with one attached hydrogen (secondary N) is 1. The largest absolute Gasteiger partial charge is 0.312 e. The van der Waals surface area contributed by atoms with Crippen LogP contribution in [0.15, 0.2) is 41.8 Å². The summed E-state index contributed by atoms with van der Waals surface area (Å²) in [7, 11) is 1.83. The maximum atomic E-state index is 11.5. The van der Waals surface area contributed by atoms with Gasteiger partial charge in [0.05, 0.1) is 12.4 Å². The number of hydrogen-bond acceptors (Lipinski definition) is 5. The van der Waals surface area contributed by atoms with Crippen molar-refractivity contribution in [2.45, 2.75) is 11.8 Å². The van der Waals surface area contributed by atoms with Crippen molar-refractivity contribution >= 4 is 17.7 Å². The van der Waals surface area contributed by atoms with Crippen molar-refractivity contribution in [3.63, 3.8) is 0 Å². The van der Waals surface area contributed by atoms with Gasteiger partial charge in [-0.05, 0) is 5.56 Å². The minimum absolute atomic E-state index is 0.205. The lowest BCUT2D eigenvalue weighted by atomic mass is 10.2. The zero-order valence-corrected chi connectivity index (χ0v) is 11.3. The molecule has 2 aromatic rings. The lowest BCUT2D eigenvalue weighted by Gasteiger charge is -2.05. The Bertz CT molecular complexity index is 530. The Morgan fingerprint density at radius 2 is 2.21 bits per heavy atom. The van der Waals surface area contributed by atoms with E-state index in [0.717, 1.165) is 5.56 Å². The van der Waals surface area contributed by atoms with Crippen molar-refractivity contribution in [3.05, 3.63) is 42.2 Å². The van der Waals surface area contributed by atoms with Crippen molar-refractivity contribution in [1.29, 1.82) is 0 Å². The number of thioether (sulfide) groups is 1. The molecule has 19 heavy (non-hydrogen) atoms. The molecule has 0 saturated heterocycles. The molecule has 100 valence electrons.